The molecule has 6 nitrogen and oxygen atoms in total. The third kappa shape index (κ3) is 2.69. The minimum Gasteiger partial charge on any atom is -0.478 e. The molecule has 0 bridgehead atoms. The Balaban J connectivity index is 2.13. The fraction of sp³-hybridized carbons (Fsp3) is 0.0909. The largest absolute Gasteiger partial charge is 0.478 e. The van der Waals surface area contributed by atoms with E-state index in [-0.39, 0.29) is 10.6 Å². The first kappa shape index (κ1) is 12.2. The molecule has 0 atom stereocenters. The highest BCUT2D eigenvalue weighted by atomic mass is 32.1. The molecule has 0 spiro atoms. The van der Waals surface area contributed by atoms with Crippen molar-refractivity contribution >= 4 is 23.2 Å². The quantitative estimate of drug-likeness (QED) is 0.786. The second-order valence-electron chi connectivity index (χ2n) is 3.63. The summed E-state index contributed by atoms with van der Waals surface area (Å²) in [4.78, 5) is 14.8. The van der Waals surface area contributed by atoms with Crippen molar-refractivity contribution in [3.05, 3.63) is 47.5 Å². The summed E-state index contributed by atoms with van der Waals surface area (Å²) in [5, 5.41) is 12.9. The highest BCUT2D eigenvalue weighted by molar-refractivity contribution is 7.80. The number of hydrogen-bond donors (Lipinski definition) is 2. The van der Waals surface area contributed by atoms with E-state index in [1.165, 1.54) is 6.33 Å². The predicted molar refractivity (Wildman–Crippen MR) is 68.4 cm³/mol. The Morgan fingerprint density at radius 3 is 2.56 bits per heavy atom. The Morgan fingerprint density at radius 1 is 1.39 bits per heavy atom. The van der Waals surface area contributed by atoms with Crippen LogP contribution in [0.25, 0.3) is 0 Å². The Kier molecular flexibility index (Phi) is 3.33. The van der Waals surface area contributed by atoms with Crippen LogP contribution >= 0.6 is 12.2 Å². The zero-order valence-corrected chi connectivity index (χ0v) is 10.1. The molecule has 0 aliphatic carbocycles. The smallest absolute Gasteiger partial charge is 0.335 e. The summed E-state index contributed by atoms with van der Waals surface area (Å²) in [5.74, 6) is -0.620. The predicted octanol–water partition coefficient (Wildman–Crippen LogP) is 0.659. The van der Waals surface area contributed by atoms with Crippen LogP contribution < -0.4 is 5.73 Å². The number of rotatable bonds is 4. The van der Waals surface area contributed by atoms with Crippen molar-refractivity contribution in [2.24, 2.45) is 5.73 Å². The van der Waals surface area contributed by atoms with Gasteiger partial charge in [-0.3, -0.25) is 0 Å². The number of aromatic carboxylic acids is 1. The van der Waals surface area contributed by atoms with Crippen molar-refractivity contribution in [3.63, 3.8) is 0 Å². The molecule has 1 aromatic carbocycles. The fourth-order valence-corrected chi connectivity index (χ4v) is 1.52. The zero-order chi connectivity index (χ0) is 13.1. The van der Waals surface area contributed by atoms with Gasteiger partial charge in [0.1, 0.15) is 11.3 Å². The van der Waals surface area contributed by atoms with E-state index in [0.717, 1.165) is 5.56 Å². The van der Waals surface area contributed by atoms with Crippen LogP contribution in [-0.2, 0) is 6.54 Å². The number of nitrogens with two attached hydrogens (primary N) is 1. The van der Waals surface area contributed by atoms with Gasteiger partial charge in [0.25, 0.3) is 0 Å². The van der Waals surface area contributed by atoms with Gasteiger partial charge >= 0.3 is 5.97 Å². The van der Waals surface area contributed by atoms with E-state index in [9.17, 15) is 4.79 Å². The number of carbonyl (C=O) groups is 1. The Bertz CT molecular complexity index is 591. The van der Waals surface area contributed by atoms with Crippen LogP contribution in [0.15, 0.2) is 30.6 Å². The number of carboxylic acids is 1. The van der Waals surface area contributed by atoms with Crippen LogP contribution in [0.4, 0.5) is 0 Å². The van der Waals surface area contributed by atoms with Crippen LogP contribution in [0.2, 0.25) is 0 Å². The molecule has 0 unspecified atom stereocenters. The lowest BCUT2D eigenvalue weighted by molar-refractivity contribution is 0.0697. The number of hydrogen-bond acceptors (Lipinski definition) is 4. The van der Waals surface area contributed by atoms with E-state index in [2.05, 4.69) is 10.1 Å². The average molecular weight is 262 g/mol. The molecular weight excluding hydrogens is 252 g/mol. The lowest BCUT2D eigenvalue weighted by atomic mass is 10.1. The van der Waals surface area contributed by atoms with Gasteiger partial charge in [0, 0.05) is 0 Å². The number of thiocarbonyl (C=S) groups is 1. The van der Waals surface area contributed by atoms with Crippen LogP contribution in [0.5, 0.6) is 0 Å². The number of carboxylic acid groups (broad SMARTS) is 1. The van der Waals surface area contributed by atoms with E-state index in [1.54, 1.807) is 28.9 Å². The lowest BCUT2D eigenvalue weighted by Crippen LogP contribution is -2.12. The molecular formula is C11H10N4O2S. The molecule has 0 amide bonds. The maximum absolute atomic E-state index is 10.7. The number of benzene rings is 1. The number of nitrogens with zero attached hydrogens (tertiary/aromatic N) is 3. The van der Waals surface area contributed by atoms with E-state index >= 15 is 0 Å². The van der Waals surface area contributed by atoms with E-state index < -0.39 is 5.97 Å². The SMILES string of the molecule is NC(=S)c1ncn(Cc2ccc(C(=O)O)cc2)n1. The van der Waals surface area contributed by atoms with Crippen LogP contribution in [0.3, 0.4) is 0 Å². The van der Waals surface area contributed by atoms with Gasteiger partial charge in [-0.15, -0.1) is 5.10 Å². The topological polar surface area (TPSA) is 94.0 Å². The van der Waals surface area contributed by atoms with Gasteiger partial charge in [0.15, 0.2) is 0 Å². The van der Waals surface area contributed by atoms with Gasteiger partial charge < -0.3 is 10.8 Å². The first-order valence-corrected chi connectivity index (χ1v) is 5.48. The van der Waals surface area contributed by atoms with Crippen molar-refractivity contribution in [2.75, 3.05) is 0 Å². The van der Waals surface area contributed by atoms with Crippen LogP contribution in [0.1, 0.15) is 21.7 Å². The van der Waals surface area contributed by atoms with Crippen LogP contribution in [0, 0.1) is 0 Å². The Labute approximate surface area is 108 Å². The van der Waals surface area contributed by atoms with Gasteiger partial charge in [-0.25, -0.2) is 14.5 Å². The minimum absolute atomic E-state index is 0.148. The fourth-order valence-electron chi connectivity index (χ4n) is 1.42. The number of aromatic nitrogens is 3. The molecule has 0 radical (unpaired) electrons. The second kappa shape index (κ2) is 4.92. The van der Waals surface area contributed by atoms with Crippen molar-refractivity contribution < 1.29 is 9.90 Å². The summed E-state index contributed by atoms with van der Waals surface area (Å²) in [6.07, 6.45) is 1.53. The molecule has 0 fully saturated rings. The first-order valence-electron chi connectivity index (χ1n) is 5.08. The summed E-state index contributed by atoms with van der Waals surface area (Å²) < 4.78 is 1.59. The Hall–Kier alpha value is -2.28. The van der Waals surface area contributed by atoms with E-state index in [4.69, 9.17) is 23.1 Å². The van der Waals surface area contributed by atoms with Gasteiger partial charge in [-0.2, -0.15) is 0 Å². The first-order chi connectivity index (χ1) is 8.56. The van der Waals surface area contributed by atoms with Gasteiger partial charge in [-0.05, 0) is 17.7 Å². The summed E-state index contributed by atoms with van der Waals surface area (Å²) in [5.41, 5.74) is 6.57. The highest BCUT2D eigenvalue weighted by Gasteiger charge is 2.05. The Morgan fingerprint density at radius 2 is 2.06 bits per heavy atom. The standard InChI is InChI=1S/C11H10N4O2S/c12-9(18)10-13-6-15(14-10)5-7-1-3-8(4-2-7)11(16)17/h1-4,6H,5H2,(H2,12,18)(H,16,17). The monoisotopic (exact) mass is 262 g/mol. The normalized spacial score (nSPS) is 10.2. The molecule has 2 rings (SSSR count). The van der Waals surface area contributed by atoms with Gasteiger partial charge in [-0.1, -0.05) is 24.4 Å². The van der Waals surface area contributed by atoms with Gasteiger partial charge in [0.2, 0.25) is 5.82 Å². The molecule has 18 heavy (non-hydrogen) atoms. The minimum atomic E-state index is -0.946. The molecule has 7 heteroatoms. The van der Waals surface area contributed by atoms with Crippen molar-refractivity contribution in [2.45, 2.75) is 6.54 Å². The lowest BCUT2D eigenvalue weighted by Gasteiger charge is -2.01. The van der Waals surface area contributed by atoms with Crippen LogP contribution in [-0.4, -0.2) is 30.8 Å². The molecule has 0 aliphatic rings. The third-order valence-corrected chi connectivity index (χ3v) is 2.48. The van der Waals surface area contributed by atoms with E-state index in [1.807, 2.05) is 0 Å². The summed E-state index contributed by atoms with van der Waals surface area (Å²) in [6.45, 7) is 0.482. The molecule has 92 valence electrons. The molecule has 1 aromatic heterocycles. The van der Waals surface area contributed by atoms with E-state index in [0.29, 0.717) is 12.4 Å². The maximum Gasteiger partial charge on any atom is 0.335 e. The molecule has 3 N–H and O–H groups in total. The van der Waals surface area contributed by atoms with Gasteiger partial charge in [0.05, 0.1) is 12.1 Å². The molecule has 0 saturated carbocycles. The second-order valence-corrected chi connectivity index (χ2v) is 4.07. The molecule has 1 heterocycles. The summed E-state index contributed by atoms with van der Waals surface area (Å²) in [6, 6.07) is 6.54. The molecule has 2 aromatic rings. The molecule has 0 aliphatic heterocycles. The molecule has 0 saturated heterocycles. The highest BCUT2D eigenvalue weighted by Crippen LogP contribution is 2.06. The third-order valence-electron chi connectivity index (χ3n) is 2.30. The van der Waals surface area contributed by atoms with Crippen molar-refractivity contribution in [1.29, 1.82) is 0 Å². The average Bonchev–Trinajstić information content (AvgIpc) is 2.78. The summed E-state index contributed by atoms with van der Waals surface area (Å²) >= 11 is 4.76. The van der Waals surface area contributed by atoms with Crippen molar-refractivity contribution in [1.82, 2.24) is 14.8 Å². The summed E-state index contributed by atoms with van der Waals surface area (Å²) in [7, 11) is 0. The van der Waals surface area contributed by atoms with Crippen molar-refractivity contribution in [3.8, 4) is 0 Å². The zero-order valence-electron chi connectivity index (χ0n) is 9.28. The maximum atomic E-state index is 10.7.